The lowest BCUT2D eigenvalue weighted by Gasteiger charge is -2.25. The Morgan fingerprint density at radius 1 is 1.28 bits per heavy atom. The molecule has 1 aliphatic carbocycles. The highest BCUT2D eigenvalue weighted by Gasteiger charge is 2.22. The third-order valence-corrected chi connectivity index (χ3v) is 4.04. The second-order valence-electron chi connectivity index (χ2n) is 5.62. The Kier molecular flexibility index (Phi) is 3.31. The van der Waals surface area contributed by atoms with Crippen LogP contribution in [0.4, 0.5) is 0 Å². The summed E-state index contributed by atoms with van der Waals surface area (Å²) in [5, 5.41) is 13.1. The van der Waals surface area contributed by atoms with Crippen LogP contribution in [0.1, 0.15) is 44.9 Å². The Morgan fingerprint density at radius 3 is 3.00 bits per heavy atom. The zero-order valence-corrected chi connectivity index (χ0v) is 10.8. The SMILES string of the molecule is OC1=CC2NC=CN2C=C1CCCCCC1CC1. The van der Waals surface area contributed by atoms with Gasteiger partial charge in [0, 0.05) is 30.2 Å². The van der Waals surface area contributed by atoms with Gasteiger partial charge in [-0.1, -0.05) is 32.1 Å². The number of aliphatic hydroxyl groups is 1. The minimum atomic E-state index is 0.114. The summed E-state index contributed by atoms with van der Waals surface area (Å²) in [6.45, 7) is 0. The van der Waals surface area contributed by atoms with Crippen LogP contribution in [0.5, 0.6) is 0 Å². The van der Waals surface area contributed by atoms with Gasteiger partial charge in [-0.3, -0.25) is 0 Å². The zero-order valence-electron chi connectivity index (χ0n) is 10.8. The van der Waals surface area contributed by atoms with Crippen molar-refractivity contribution in [2.24, 2.45) is 5.92 Å². The van der Waals surface area contributed by atoms with Crippen LogP contribution < -0.4 is 5.32 Å². The van der Waals surface area contributed by atoms with Crippen molar-refractivity contribution in [1.82, 2.24) is 10.2 Å². The third-order valence-electron chi connectivity index (χ3n) is 4.04. The van der Waals surface area contributed by atoms with Gasteiger partial charge in [0.25, 0.3) is 0 Å². The fraction of sp³-hybridized carbons (Fsp3) is 0.600. The molecule has 3 rings (SSSR count). The second-order valence-corrected chi connectivity index (χ2v) is 5.62. The number of unbranched alkanes of at least 4 members (excludes halogenated alkanes) is 2. The van der Waals surface area contributed by atoms with Crippen molar-refractivity contribution in [2.75, 3.05) is 0 Å². The number of nitrogens with one attached hydrogen (secondary N) is 1. The molecule has 0 amide bonds. The number of nitrogens with zero attached hydrogens (tertiary/aromatic N) is 1. The van der Waals surface area contributed by atoms with E-state index >= 15 is 0 Å². The topological polar surface area (TPSA) is 35.5 Å². The molecule has 2 N–H and O–H groups in total. The average Bonchev–Trinajstić information content (AvgIpc) is 3.07. The van der Waals surface area contributed by atoms with Crippen LogP contribution in [-0.2, 0) is 0 Å². The van der Waals surface area contributed by atoms with Crippen molar-refractivity contribution >= 4 is 0 Å². The lowest BCUT2D eigenvalue weighted by molar-refractivity contribution is 0.356. The summed E-state index contributed by atoms with van der Waals surface area (Å²) >= 11 is 0. The molecule has 1 atom stereocenters. The van der Waals surface area contributed by atoms with Gasteiger partial charge in [-0.2, -0.15) is 0 Å². The van der Waals surface area contributed by atoms with E-state index in [1.54, 1.807) is 0 Å². The van der Waals surface area contributed by atoms with Crippen LogP contribution in [0.2, 0.25) is 0 Å². The molecule has 2 aliphatic heterocycles. The summed E-state index contributed by atoms with van der Waals surface area (Å²) in [5.41, 5.74) is 1.08. The highest BCUT2D eigenvalue weighted by Crippen LogP contribution is 2.34. The molecule has 18 heavy (non-hydrogen) atoms. The molecule has 0 spiro atoms. The summed E-state index contributed by atoms with van der Waals surface area (Å²) in [6, 6.07) is 0. The zero-order chi connectivity index (χ0) is 12.4. The minimum Gasteiger partial charge on any atom is -0.508 e. The fourth-order valence-corrected chi connectivity index (χ4v) is 2.69. The molecule has 1 unspecified atom stereocenters. The standard InChI is InChI=1S/C15H22N2O/c18-14-10-15-16-8-9-17(15)11-13(14)5-3-1-2-4-12-6-7-12/h8-12,15-16,18H,1-7H2. The van der Waals surface area contributed by atoms with Gasteiger partial charge in [-0.15, -0.1) is 0 Å². The summed E-state index contributed by atoms with van der Waals surface area (Å²) in [4.78, 5) is 2.11. The molecule has 0 aromatic heterocycles. The molecule has 98 valence electrons. The third kappa shape index (κ3) is 2.71. The molecule has 2 heterocycles. The molecular weight excluding hydrogens is 224 g/mol. The van der Waals surface area contributed by atoms with Gasteiger partial charge in [0.1, 0.15) is 11.9 Å². The maximum Gasteiger partial charge on any atom is 0.125 e. The number of hydrogen-bond acceptors (Lipinski definition) is 3. The van der Waals surface area contributed by atoms with Crippen LogP contribution in [-0.4, -0.2) is 16.2 Å². The molecule has 0 saturated heterocycles. The van der Waals surface area contributed by atoms with Gasteiger partial charge in [0.15, 0.2) is 0 Å². The van der Waals surface area contributed by atoms with Gasteiger partial charge in [-0.25, -0.2) is 0 Å². The molecule has 3 heteroatoms. The lowest BCUT2D eigenvalue weighted by atomic mass is 10.0. The van der Waals surface area contributed by atoms with Crippen molar-refractivity contribution in [3.05, 3.63) is 36.0 Å². The van der Waals surface area contributed by atoms with Gasteiger partial charge in [0.05, 0.1) is 0 Å². The Labute approximate surface area is 109 Å². The Bertz CT molecular complexity index is 393. The lowest BCUT2D eigenvalue weighted by Crippen LogP contribution is -2.32. The second kappa shape index (κ2) is 5.09. The molecule has 0 aromatic rings. The normalized spacial score (nSPS) is 25.6. The number of allylic oxidation sites excluding steroid dienone is 1. The molecule has 1 saturated carbocycles. The maximum absolute atomic E-state index is 9.97. The average molecular weight is 246 g/mol. The number of rotatable bonds is 6. The molecule has 3 nitrogen and oxygen atoms in total. The molecular formula is C15H22N2O. The molecule has 0 aromatic carbocycles. The quantitative estimate of drug-likeness (QED) is 0.705. The smallest absolute Gasteiger partial charge is 0.125 e. The highest BCUT2D eigenvalue weighted by atomic mass is 16.3. The van der Waals surface area contributed by atoms with Crippen LogP contribution >= 0.6 is 0 Å². The van der Waals surface area contributed by atoms with Gasteiger partial charge < -0.3 is 15.3 Å². The minimum absolute atomic E-state index is 0.114. The molecule has 1 fully saturated rings. The van der Waals surface area contributed by atoms with E-state index in [2.05, 4.69) is 16.4 Å². The Hall–Kier alpha value is -1.38. The van der Waals surface area contributed by atoms with E-state index in [9.17, 15) is 5.11 Å². The van der Waals surface area contributed by atoms with E-state index in [0.29, 0.717) is 5.76 Å². The largest absolute Gasteiger partial charge is 0.508 e. The van der Waals surface area contributed by atoms with Gasteiger partial charge >= 0.3 is 0 Å². The predicted molar refractivity (Wildman–Crippen MR) is 72.5 cm³/mol. The van der Waals surface area contributed by atoms with E-state index < -0.39 is 0 Å². The molecule has 0 radical (unpaired) electrons. The monoisotopic (exact) mass is 246 g/mol. The Balaban J connectivity index is 1.43. The summed E-state index contributed by atoms with van der Waals surface area (Å²) < 4.78 is 0. The summed E-state index contributed by atoms with van der Waals surface area (Å²) in [7, 11) is 0. The number of aliphatic hydroxyl groups excluding tert-OH is 1. The van der Waals surface area contributed by atoms with Crippen molar-refractivity contribution < 1.29 is 5.11 Å². The van der Waals surface area contributed by atoms with Gasteiger partial charge in [-0.05, 0) is 18.8 Å². The summed E-state index contributed by atoms with van der Waals surface area (Å²) in [6.07, 6.45) is 17.2. The van der Waals surface area contributed by atoms with Crippen molar-refractivity contribution in [1.29, 1.82) is 0 Å². The van der Waals surface area contributed by atoms with Crippen LogP contribution in [0.15, 0.2) is 36.0 Å². The van der Waals surface area contributed by atoms with Crippen molar-refractivity contribution in [2.45, 2.75) is 51.1 Å². The first-order valence-electron chi connectivity index (χ1n) is 7.15. The van der Waals surface area contributed by atoms with E-state index in [1.807, 2.05) is 18.5 Å². The number of fused-ring (bicyclic) bond motifs is 1. The van der Waals surface area contributed by atoms with Crippen molar-refractivity contribution in [3.63, 3.8) is 0 Å². The first-order chi connectivity index (χ1) is 8.83. The highest BCUT2D eigenvalue weighted by molar-refractivity contribution is 5.32. The van der Waals surface area contributed by atoms with Crippen LogP contribution in [0.3, 0.4) is 0 Å². The van der Waals surface area contributed by atoms with E-state index in [-0.39, 0.29) is 6.17 Å². The first-order valence-corrected chi connectivity index (χ1v) is 7.15. The van der Waals surface area contributed by atoms with E-state index in [4.69, 9.17) is 0 Å². The summed E-state index contributed by atoms with van der Waals surface area (Å²) in [5.74, 6) is 1.50. The fourth-order valence-electron chi connectivity index (χ4n) is 2.69. The van der Waals surface area contributed by atoms with Crippen LogP contribution in [0.25, 0.3) is 0 Å². The van der Waals surface area contributed by atoms with Crippen LogP contribution in [0, 0.1) is 5.92 Å². The maximum atomic E-state index is 9.97. The van der Waals surface area contributed by atoms with E-state index in [0.717, 1.165) is 17.9 Å². The molecule has 3 aliphatic rings. The van der Waals surface area contributed by atoms with Gasteiger partial charge in [0.2, 0.25) is 0 Å². The van der Waals surface area contributed by atoms with E-state index in [1.165, 1.54) is 38.5 Å². The van der Waals surface area contributed by atoms with Crippen molar-refractivity contribution in [3.8, 4) is 0 Å². The molecule has 0 bridgehead atoms. The Morgan fingerprint density at radius 2 is 2.17 bits per heavy atom. The number of hydrogen-bond donors (Lipinski definition) is 2. The predicted octanol–water partition coefficient (Wildman–Crippen LogP) is 3.39. The first kappa shape index (κ1) is 11.7.